The summed E-state index contributed by atoms with van der Waals surface area (Å²) in [6.07, 6.45) is 3.36. The zero-order chi connectivity index (χ0) is 15.2. The van der Waals surface area contributed by atoms with Crippen LogP contribution in [-0.2, 0) is 4.79 Å². The van der Waals surface area contributed by atoms with Gasteiger partial charge in [0.25, 0.3) is 0 Å². The molecule has 1 unspecified atom stereocenters. The molecule has 0 spiro atoms. The number of rotatable bonds is 5. The van der Waals surface area contributed by atoms with E-state index in [2.05, 4.69) is 10.2 Å². The Bertz CT molecular complexity index is 496. The molecular formula is C15H22ClN3O2. The number of methoxy groups -OCH3 is 1. The van der Waals surface area contributed by atoms with Crippen LogP contribution in [0.5, 0.6) is 5.75 Å². The third-order valence-corrected chi connectivity index (χ3v) is 4.04. The summed E-state index contributed by atoms with van der Waals surface area (Å²) in [6, 6.07) is 5.45. The van der Waals surface area contributed by atoms with E-state index >= 15 is 0 Å². The highest BCUT2D eigenvalue weighted by Gasteiger charge is 2.23. The zero-order valence-corrected chi connectivity index (χ0v) is 13.0. The lowest BCUT2D eigenvalue weighted by atomic mass is 10.0. The Labute approximate surface area is 130 Å². The lowest BCUT2D eigenvalue weighted by Gasteiger charge is -2.34. The molecule has 0 saturated carbocycles. The van der Waals surface area contributed by atoms with Gasteiger partial charge in [-0.3, -0.25) is 9.69 Å². The molecule has 0 radical (unpaired) electrons. The maximum absolute atomic E-state index is 12.2. The van der Waals surface area contributed by atoms with Crippen molar-refractivity contribution in [2.45, 2.75) is 25.3 Å². The van der Waals surface area contributed by atoms with Gasteiger partial charge in [-0.15, -0.1) is 0 Å². The van der Waals surface area contributed by atoms with Crippen LogP contribution in [0.3, 0.4) is 0 Å². The summed E-state index contributed by atoms with van der Waals surface area (Å²) in [5.74, 6) is 0.526. The molecule has 0 bridgehead atoms. The van der Waals surface area contributed by atoms with Crippen LogP contribution in [0.25, 0.3) is 0 Å². The molecule has 0 aromatic heterocycles. The van der Waals surface area contributed by atoms with Crippen LogP contribution >= 0.6 is 11.6 Å². The number of nitrogens with zero attached hydrogens (tertiary/aromatic N) is 1. The van der Waals surface area contributed by atoms with Crippen molar-refractivity contribution in [3.05, 3.63) is 23.2 Å². The van der Waals surface area contributed by atoms with Crippen LogP contribution in [0.1, 0.15) is 19.3 Å². The third-order valence-electron chi connectivity index (χ3n) is 3.80. The summed E-state index contributed by atoms with van der Waals surface area (Å²) in [5, 5.41) is 3.42. The van der Waals surface area contributed by atoms with E-state index in [9.17, 15) is 4.79 Å². The van der Waals surface area contributed by atoms with Crippen LogP contribution in [-0.4, -0.2) is 43.6 Å². The Morgan fingerprint density at radius 3 is 3.05 bits per heavy atom. The number of piperidine rings is 1. The minimum atomic E-state index is -0.0732. The fourth-order valence-electron chi connectivity index (χ4n) is 2.69. The summed E-state index contributed by atoms with van der Waals surface area (Å²) in [7, 11) is 1.56. The third kappa shape index (κ3) is 4.33. The molecule has 1 atom stereocenters. The molecule has 1 aliphatic heterocycles. The first-order valence-corrected chi connectivity index (χ1v) is 7.59. The van der Waals surface area contributed by atoms with Crippen molar-refractivity contribution in [1.82, 2.24) is 4.90 Å². The van der Waals surface area contributed by atoms with Crippen molar-refractivity contribution in [3.8, 4) is 5.75 Å². The number of anilines is 1. The highest BCUT2D eigenvalue weighted by Crippen LogP contribution is 2.27. The maximum atomic E-state index is 12.2. The van der Waals surface area contributed by atoms with Crippen LogP contribution < -0.4 is 15.8 Å². The average Bonchev–Trinajstić information content (AvgIpc) is 2.48. The van der Waals surface area contributed by atoms with E-state index in [1.807, 2.05) is 0 Å². The number of carbonyl (C=O) groups excluding carboxylic acids is 1. The summed E-state index contributed by atoms with van der Waals surface area (Å²) in [4.78, 5) is 14.4. The molecular weight excluding hydrogens is 290 g/mol. The fraction of sp³-hybridized carbons (Fsp3) is 0.533. The first kappa shape index (κ1) is 16.1. The minimum absolute atomic E-state index is 0.0732. The molecule has 1 amide bonds. The minimum Gasteiger partial charge on any atom is -0.495 e. The molecule has 6 heteroatoms. The van der Waals surface area contributed by atoms with E-state index in [1.54, 1.807) is 25.3 Å². The van der Waals surface area contributed by atoms with Gasteiger partial charge in [0.15, 0.2) is 0 Å². The average molecular weight is 312 g/mol. The van der Waals surface area contributed by atoms with Gasteiger partial charge in [0, 0.05) is 17.6 Å². The van der Waals surface area contributed by atoms with Gasteiger partial charge in [-0.05, 0) is 37.6 Å². The number of carbonyl (C=O) groups is 1. The number of hydrogen-bond donors (Lipinski definition) is 2. The summed E-state index contributed by atoms with van der Waals surface area (Å²) in [6.45, 7) is 1.85. The van der Waals surface area contributed by atoms with Gasteiger partial charge in [-0.25, -0.2) is 0 Å². The van der Waals surface area contributed by atoms with Gasteiger partial charge in [-0.2, -0.15) is 0 Å². The molecule has 0 aliphatic carbocycles. The van der Waals surface area contributed by atoms with Crippen LogP contribution in [0.2, 0.25) is 5.02 Å². The van der Waals surface area contributed by atoms with Crippen molar-refractivity contribution in [3.63, 3.8) is 0 Å². The number of ether oxygens (including phenoxy) is 1. The first-order valence-electron chi connectivity index (χ1n) is 7.21. The molecule has 21 heavy (non-hydrogen) atoms. The number of nitrogens with one attached hydrogen (secondary N) is 1. The molecule has 2 rings (SSSR count). The molecule has 5 nitrogen and oxygen atoms in total. The normalized spacial score (nSPS) is 19.3. The van der Waals surface area contributed by atoms with E-state index in [4.69, 9.17) is 22.1 Å². The van der Waals surface area contributed by atoms with E-state index in [0.29, 0.717) is 35.6 Å². The van der Waals surface area contributed by atoms with Gasteiger partial charge in [-0.1, -0.05) is 18.0 Å². The smallest absolute Gasteiger partial charge is 0.238 e. The molecule has 1 aromatic rings. The van der Waals surface area contributed by atoms with Gasteiger partial charge in [0.2, 0.25) is 5.91 Å². The Kier molecular flexibility index (Phi) is 5.85. The van der Waals surface area contributed by atoms with Gasteiger partial charge in [0.1, 0.15) is 5.75 Å². The lowest BCUT2D eigenvalue weighted by Crippen LogP contribution is -2.47. The van der Waals surface area contributed by atoms with Crippen molar-refractivity contribution in [1.29, 1.82) is 0 Å². The monoisotopic (exact) mass is 311 g/mol. The SMILES string of the molecule is COc1ccc(Cl)cc1NC(=O)CN1CCCCC1CN. The highest BCUT2D eigenvalue weighted by molar-refractivity contribution is 6.31. The zero-order valence-electron chi connectivity index (χ0n) is 12.3. The fourth-order valence-corrected chi connectivity index (χ4v) is 2.86. The molecule has 1 aromatic carbocycles. The van der Waals surface area contributed by atoms with E-state index in [-0.39, 0.29) is 5.91 Å². The second-order valence-electron chi connectivity index (χ2n) is 5.25. The Morgan fingerprint density at radius 1 is 1.52 bits per heavy atom. The van der Waals surface area contributed by atoms with Crippen molar-refractivity contribution in [2.75, 3.05) is 32.1 Å². The molecule has 1 fully saturated rings. The molecule has 116 valence electrons. The number of nitrogens with two attached hydrogens (primary N) is 1. The number of amides is 1. The van der Waals surface area contributed by atoms with Crippen molar-refractivity contribution >= 4 is 23.2 Å². The van der Waals surface area contributed by atoms with Gasteiger partial charge in [0.05, 0.1) is 19.3 Å². The second kappa shape index (κ2) is 7.64. The standard InChI is InChI=1S/C15H22ClN3O2/c1-21-14-6-5-11(16)8-13(14)18-15(20)10-19-7-3-2-4-12(19)9-17/h5-6,8,12H,2-4,7,9-10,17H2,1H3,(H,18,20). The molecule has 1 heterocycles. The van der Waals surface area contributed by atoms with Crippen LogP contribution in [0.15, 0.2) is 18.2 Å². The quantitative estimate of drug-likeness (QED) is 0.874. The number of likely N-dealkylation sites (tertiary alicyclic amines) is 1. The molecule has 1 aliphatic rings. The molecule has 3 N–H and O–H groups in total. The highest BCUT2D eigenvalue weighted by atomic mass is 35.5. The predicted molar refractivity (Wildman–Crippen MR) is 84.9 cm³/mol. The number of benzene rings is 1. The van der Waals surface area contributed by atoms with Gasteiger partial charge < -0.3 is 15.8 Å². The van der Waals surface area contributed by atoms with Crippen LogP contribution in [0.4, 0.5) is 5.69 Å². The van der Waals surface area contributed by atoms with E-state index in [0.717, 1.165) is 19.4 Å². The number of hydrogen-bond acceptors (Lipinski definition) is 4. The van der Waals surface area contributed by atoms with Gasteiger partial charge >= 0.3 is 0 Å². The second-order valence-corrected chi connectivity index (χ2v) is 5.69. The summed E-state index contributed by atoms with van der Waals surface area (Å²) < 4.78 is 5.23. The Hall–Kier alpha value is -1.30. The number of halogens is 1. The maximum Gasteiger partial charge on any atom is 0.238 e. The Balaban J connectivity index is 1.99. The first-order chi connectivity index (χ1) is 10.1. The van der Waals surface area contributed by atoms with Crippen molar-refractivity contribution in [2.24, 2.45) is 5.73 Å². The van der Waals surface area contributed by atoms with E-state index < -0.39 is 0 Å². The Morgan fingerprint density at radius 2 is 2.33 bits per heavy atom. The van der Waals surface area contributed by atoms with Crippen LogP contribution in [0, 0.1) is 0 Å². The van der Waals surface area contributed by atoms with E-state index in [1.165, 1.54) is 6.42 Å². The summed E-state index contributed by atoms with van der Waals surface area (Å²) >= 11 is 5.96. The summed E-state index contributed by atoms with van der Waals surface area (Å²) in [5.41, 5.74) is 6.37. The lowest BCUT2D eigenvalue weighted by molar-refractivity contribution is -0.118. The topological polar surface area (TPSA) is 67.6 Å². The van der Waals surface area contributed by atoms with Crippen molar-refractivity contribution < 1.29 is 9.53 Å². The molecule has 1 saturated heterocycles. The largest absolute Gasteiger partial charge is 0.495 e. The predicted octanol–water partition coefficient (Wildman–Crippen LogP) is 2.10.